The highest BCUT2D eigenvalue weighted by Gasteiger charge is 2.05. The van der Waals surface area contributed by atoms with Crippen molar-refractivity contribution >= 4 is 17.1 Å². The first kappa shape index (κ1) is 12.0. The fourth-order valence-electron chi connectivity index (χ4n) is 1.69. The summed E-state index contributed by atoms with van der Waals surface area (Å²) in [5, 5.41) is 3.18. The molecule has 0 atom stereocenters. The Hall–Kier alpha value is -1.48. The Balaban J connectivity index is 1.81. The van der Waals surface area contributed by atoms with Gasteiger partial charge >= 0.3 is 0 Å². The Labute approximate surface area is 105 Å². The lowest BCUT2D eigenvalue weighted by atomic mass is 10.1. The minimum atomic E-state index is 0.221. The van der Waals surface area contributed by atoms with Gasteiger partial charge in [-0.25, -0.2) is 4.98 Å². The molecule has 1 heterocycles. The molecule has 0 saturated heterocycles. The topological polar surface area (TPSA) is 30.0 Å². The zero-order valence-corrected chi connectivity index (χ0v) is 10.7. The summed E-state index contributed by atoms with van der Waals surface area (Å²) in [6.45, 7) is 2.00. The highest BCUT2D eigenvalue weighted by atomic mass is 32.1. The lowest BCUT2D eigenvalue weighted by molar-refractivity contribution is 0.0980. The van der Waals surface area contributed by atoms with Crippen molar-refractivity contribution in [2.24, 2.45) is 0 Å². The number of hydrogen-bond donors (Lipinski definition) is 0. The maximum atomic E-state index is 11.8. The third-order valence-corrected chi connectivity index (χ3v) is 3.58. The summed E-state index contributed by atoms with van der Waals surface area (Å²) >= 11 is 1.67. The van der Waals surface area contributed by atoms with E-state index in [0.717, 1.165) is 29.1 Å². The Bertz CT molecular complexity index is 490. The standard InChI is InChI=1S/C14H15NOS/c1-11-10-17-14(15-11)9-5-8-13(16)12-6-3-2-4-7-12/h2-4,6-7,10H,5,8-9H2,1H3. The van der Waals surface area contributed by atoms with Crippen LogP contribution in [0.1, 0.15) is 33.9 Å². The van der Waals surface area contributed by atoms with Crippen LogP contribution >= 0.6 is 11.3 Å². The second-order valence-corrected chi connectivity index (χ2v) is 4.97. The van der Waals surface area contributed by atoms with Crippen LogP contribution < -0.4 is 0 Å². The van der Waals surface area contributed by atoms with Gasteiger partial charge in [-0.05, 0) is 19.8 Å². The van der Waals surface area contributed by atoms with Crippen LogP contribution in [-0.4, -0.2) is 10.8 Å². The fourth-order valence-corrected chi connectivity index (χ4v) is 2.50. The Morgan fingerprint density at radius 1 is 1.29 bits per heavy atom. The molecular formula is C14H15NOS. The first-order chi connectivity index (χ1) is 8.25. The predicted octanol–water partition coefficient (Wildman–Crippen LogP) is 3.66. The maximum Gasteiger partial charge on any atom is 0.162 e. The van der Waals surface area contributed by atoms with Gasteiger partial charge in [-0.1, -0.05) is 30.3 Å². The normalized spacial score (nSPS) is 10.4. The molecule has 0 amide bonds. The van der Waals surface area contributed by atoms with Crippen LogP contribution in [0.25, 0.3) is 0 Å². The van der Waals surface area contributed by atoms with E-state index >= 15 is 0 Å². The second-order valence-electron chi connectivity index (χ2n) is 4.03. The minimum absolute atomic E-state index is 0.221. The van der Waals surface area contributed by atoms with Crippen molar-refractivity contribution in [3.05, 3.63) is 52.0 Å². The van der Waals surface area contributed by atoms with Gasteiger partial charge in [0, 0.05) is 23.1 Å². The number of rotatable bonds is 5. The van der Waals surface area contributed by atoms with E-state index in [9.17, 15) is 4.79 Å². The third kappa shape index (κ3) is 3.49. The van der Waals surface area contributed by atoms with Crippen LogP contribution in [0.5, 0.6) is 0 Å². The SMILES string of the molecule is Cc1csc(CCCC(=O)c2ccccc2)n1. The molecule has 2 aromatic rings. The number of hydrogen-bond acceptors (Lipinski definition) is 3. The van der Waals surface area contributed by atoms with Crippen molar-refractivity contribution in [3.63, 3.8) is 0 Å². The van der Waals surface area contributed by atoms with E-state index in [4.69, 9.17) is 0 Å². The van der Waals surface area contributed by atoms with E-state index in [1.807, 2.05) is 42.6 Å². The summed E-state index contributed by atoms with van der Waals surface area (Å²) in [5.74, 6) is 0.221. The first-order valence-electron chi connectivity index (χ1n) is 5.75. The molecule has 1 aromatic carbocycles. The largest absolute Gasteiger partial charge is 0.294 e. The first-order valence-corrected chi connectivity index (χ1v) is 6.63. The number of aromatic nitrogens is 1. The molecule has 2 nitrogen and oxygen atoms in total. The average molecular weight is 245 g/mol. The number of ketones is 1. The molecule has 0 saturated carbocycles. The summed E-state index contributed by atoms with van der Waals surface area (Å²) in [6.07, 6.45) is 2.38. The van der Waals surface area contributed by atoms with E-state index in [1.54, 1.807) is 11.3 Å². The monoisotopic (exact) mass is 245 g/mol. The van der Waals surface area contributed by atoms with Crippen LogP contribution in [0.3, 0.4) is 0 Å². The molecule has 0 unspecified atom stereocenters. The predicted molar refractivity (Wildman–Crippen MR) is 70.6 cm³/mol. The number of Topliss-reactive ketones (excluding diaryl/α,β-unsaturated/α-hetero) is 1. The molecule has 0 spiro atoms. The van der Waals surface area contributed by atoms with E-state index in [-0.39, 0.29) is 5.78 Å². The van der Waals surface area contributed by atoms with Crippen LogP contribution in [0.2, 0.25) is 0 Å². The summed E-state index contributed by atoms with van der Waals surface area (Å²) in [7, 11) is 0. The molecule has 0 aliphatic heterocycles. The van der Waals surface area contributed by atoms with Crippen molar-refractivity contribution in [1.82, 2.24) is 4.98 Å². The van der Waals surface area contributed by atoms with Gasteiger partial charge < -0.3 is 0 Å². The van der Waals surface area contributed by atoms with Gasteiger partial charge in [0.1, 0.15) is 0 Å². The smallest absolute Gasteiger partial charge is 0.162 e. The Kier molecular flexibility index (Phi) is 4.04. The van der Waals surface area contributed by atoms with Gasteiger partial charge in [0.15, 0.2) is 5.78 Å². The van der Waals surface area contributed by atoms with Gasteiger partial charge in [-0.15, -0.1) is 11.3 Å². The number of aryl methyl sites for hydroxylation is 2. The molecule has 17 heavy (non-hydrogen) atoms. The van der Waals surface area contributed by atoms with E-state index < -0.39 is 0 Å². The van der Waals surface area contributed by atoms with Gasteiger partial charge in [-0.3, -0.25) is 4.79 Å². The number of carbonyl (C=O) groups excluding carboxylic acids is 1. The third-order valence-electron chi connectivity index (χ3n) is 2.56. The van der Waals surface area contributed by atoms with Gasteiger partial charge in [0.2, 0.25) is 0 Å². The molecule has 0 aliphatic carbocycles. The van der Waals surface area contributed by atoms with Gasteiger partial charge in [-0.2, -0.15) is 0 Å². The lowest BCUT2D eigenvalue weighted by Crippen LogP contribution is -1.99. The van der Waals surface area contributed by atoms with Crippen molar-refractivity contribution in [3.8, 4) is 0 Å². The molecule has 0 aliphatic rings. The highest BCUT2D eigenvalue weighted by Crippen LogP contribution is 2.13. The number of carbonyl (C=O) groups is 1. The zero-order chi connectivity index (χ0) is 12.1. The molecule has 0 N–H and O–H groups in total. The molecule has 88 valence electrons. The summed E-state index contributed by atoms with van der Waals surface area (Å²) < 4.78 is 0. The quantitative estimate of drug-likeness (QED) is 0.752. The van der Waals surface area contributed by atoms with Crippen LogP contribution in [-0.2, 0) is 6.42 Å². The van der Waals surface area contributed by atoms with Crippen molar-refractivity contribution in [1.29, 1.82) is 0 Å². The molecule has 0 bridgehead atoms. The van der Waals surface area contributed by atoms with E-state index in [0.29, 0.717) is 6.42 Å². The van der Waals surface area contributed by atoms with E-state index in [1.165, 1.54) is 0 Å². The maximum absolute atomic E-state index is 11.8. The zero-order valence-electron chi connectivity index (χ0n) is 9.85. The molecule has 1 aromatic heterocycles. The Morgan fingerprint density at radius 2 is 2.06 bits per heavy atom. The van der Waals surface area contributed by atoms with Gasteiger partial charge in [0.05, 0.1) is 5.01 Å². The highest BCUT2D eigenvalue weighted by molar-refractivity contribution is 7.09. The summed E-state index contributed by atoms with van der Waals surface area (Å²) in [5.41, 5.74) is 1.88. The summed E-state index contributed by atoms with van der Waals surface area (Å²) in [6, 6.07) is 9.47. The minimum Gasteiger partial charge on any atom is -0.294 e. The van der Waals surface area contributed by atoms with E-state index in [2.05, 4.69) is 4.98 Å². The van der Waals surface area contributed by atoms with Crippen LogP contribution in [0.4, 0.5) is 0 Å². The summed E-state index contributed by atoms with van der Waals surface area (Å²) in [4.78, 5) is 16.2. The van der Waals surface area contributed by atoms with Crippen molar-refractivity contribution in [2.75, 3.05) is 0 Å². The molecule has 3 heteroatoms. The van der Waals surface area contributed by atoms with Crippen LogP contribution in [0, 0.1) is 6.92 Å². The average Bonchev–Trinajstić information content (AvgIpc) is 2.76. The van der Waals surface area contributed by atoms with Crippen molar-refractivity contribution < 1.29 is 4.79 Å². The Morgan fingerprint density at radius 3 is 2.71 bits per heavy atom. The second kappa shape index (κ2) is 5.73. The van der Waals surface area contributed by atoms with Crippen molar-refractivity contribution in [2.45, 2.75) is 26.2 Å². The molecular weight excluding hydrogens is 230 g/mol. The number of nitrogens with zero attached hydrogens (tertiary/aromatic N) is 1. The molecule has 2 rings (SSSR count). The number of thiazole rings is 1. The fraction of sp³-hybridized carbons (Fsp3) is 0.286. The number of benzene rings is 1. The lowest BCUT2D eigenvalue weighted by Gasteiger charge is -1.99. The van der Waals surface area contributed by atoms with Crippen LogP contribution in [0.15, 0.2) is 35.7 Å². The van der Waals surface area contributed by atoms with Gasteiger partial charge in [0.25, 0.3) is 0 Å². The molecule has 0 radical (unpaired) electrons. The molecule has 0 fully saturated rings.